The van der Waals surface area contributed by atoms with Gasteiger partial charge in [-0.2, -0.15) is 5.26 Å². The first-order chi connectivity index (χ1) is 8.63. The van der Waals surface area contributed by atoms with Crippen LogP contribution >= 0.6 is 0 Å². The van der Waals surface area contributed by atoms with Gasteiger partial charge in [0.2, 0.25) is 5.91 Å². The van der Waals surface area contributed by atoms with E-state index in [0.29, 0.717) is 32.4 Å². The number of carbonyl (C=O) groups is 2. The molecule has 1 unspecified atom stereocenters. The summed E-state index contributed by atoms with van der Waals surface area (Å²) in [6, 6.07) is 2.06. The Balaban J connectivity index is 2.50. The minimum absolute atomic E-state index is 0.0948. The van der Waals surface area contributed by atoms with E-state index >= 15 is 0 Å². The van der Waals surface area contributed by atoms with Crippen LogP contribution in [0.3, 0.4) is 0 Å². The molecule has 18 heavy (non-hydrogen) atoms. The van der Waals surface area contributed by atoms with Crippen molar-refractivity contribution in [1.29, 1.82) is 5.26 Å². The van der Waals surface area contributed by atoms with Crippen LogP contribution in [0.4, 0.5) is 0 Å². The van der Waals surface area contributed by atoms with Crippen molar-refractivity contribution >= 4 is 11.9 Å². The van der Waals surface area contributed by atoms with E-state index in [1.54, 1.807) is 4.90 Å². The lowest BCUT2D eigenvalue weighted by molar-refractivity contribution is -0.149. The molecule has 0 aliphatic carbocycles. The quantitative estimate of drug-likeness (QED) is 0.708. The van der Waals surface area contributed by atoms with Gasteiger partial charge in [0.15, 0.2) is 0 Å². The molecule has 1 rings (SSSR count). The van der Waals surface area contributed by atoms with Gasteiger partial charge in [-0.15, -0.1) is 0 Å². The van der Waals surface area contributed by atoms with Gasteiger partial charge in [0.25, 0.3) is 0 Å². The first kappa shape index (κ1) is 14.5. The van der Waals surface area contributed by atoms with Gasteiger partial charge in [-0.25, -0.2) is 0 Å². The van der Waals surface area contributed by atoms with Crippen LogP contribution in [0.1, 0.15) is 32.6 Å². The maximum atomic E-state index is 12.1. The van der Waals surface area contributed by atoms with E-state index in [-0.39, 0.29) is 17.8 Å². The van der Waals surface area contributed by atoms with Crippen LogP contribution < -0.4 is 0 Å². The number of piperidine rings is 1. The number of esters is 1. The van der Waals surface area contributed by atoms with E-state index in [9.17, 15) is 9.59 Å². The second-order valence-electron chi connectivity index (χ2n) is 4.59. The first-order valence-corrected chi connectivity index (χ1v) is 6.40. The summed E-state index contributed by atoms with van der Waals surface area (Å²) in [5.74, 6) is -0.939. The third kappa shape index (κ3) is 3.46. The molecule has 1 aliphatic rings. The standard InChI is InChI=1S/C13H20N2O3/c1-3-4-11(9-14)12(16)15-7-5-10(6-8-15)13(17)18-2/h10-11H,3-8H2,1-2H3. The Hall–Kier alpha value is -1.57. The Bertz CT molecular complexity index is 341. The SMILES string of the molecule is CCCC(C#N)C(=O)N1CCC(C(=O)OC)CC1. The van der Waals surface area contributed by atoms with E-state index in [0.717, 1.165) is 6.42 Å². The molecule has 1 atom stereocenters. The summed E-state index contributed by atoms with van der Waals surface area (Å²) in [7, 11) is 1.38. The van der Waals surface area contributed by atoms with Gasteiger partial charge in [-0.05, 0) is 19.3 Å². The monoisotopic (exact) mass is 252 g/mol. The zero-order valence-corrected chi connectivity index (χ0v) is 11.0. The molecule has 0 spiro atoms. The van der Waals surface area contributed by atoms with Crippen molar-refractivity contribution in [1.82, 2.24) is 4.90 Å². The van der Waals surface area contributed by atoms with Crippen molar-refractivity contribution < 1.29 is 14.3 Å². The Labute approximate surface area is 108 Å². The fourth-order valence-electron chi connectivity index (χ4n) is 2.25. The molecule has 0 aromatic rings. The predicted octanol–water partition coefficient (Wildman–Crippen LogP) is 1.34. The fourth-order valence-corrected chi connectivity index (χ4v) is 2.25. The number of methoxy groups -OCH3 is 1. The van der Waals surface area contributed by atoms with Crippen molar-refractivity contribution in [3.8, 4) is 6.07 Å². The topological polar surface area (TPSA) is 70.4 Å². The predicted molar refractivity (Wildman–Crippen MR) is 65.3 cm³/mol. The highest BCUT2D eigenvalue weighted by atomic mass is 16.5. The lowest BCUT2D eigenvalue weighted by Crippen LogP contribution is -2.43. The molecule has 5 heteroatoms. The van der Waals surface area contributed by atoms with E-state index in [1.165, 1.54) is 7.11 Å². The normalized spacial score (nSPS) is 17.9. The average Bonchev–Trinajstić information content (AvgIpc) is 2.43. The Morgan fingerprint density at radius 2 is 2.06 bits per heavy atom. The lowest BCUT2D eigenvalue weighted by Gasteiger charge is -2.31. The second-order valence-corrected chi connectivity index (χ2v) is 4.59. The van der Waals surface area contributed by atoms with Gasteiger partial charge in [-0.1, -0.05) is 13.3 Å². The minimum atomic E-state index is -0.537. The first-order valence-electron chi connectivity index (χ1n) is 6.40. The van der Waals surface area contributed by atoms with E-state index in [1.807, 2.05) is 6.92 Å². The molecule has 1 amide bonds. The molecule has 1 saturated heterocycles. The molecule has 1 fully saturated rings. The van der Waals surface area contributed by atoms with Crippen molar-refractivity contribution in [3.63, 3.8) is 0 Å². The van der Waals surface area contributed by atoms with E-state index in [2.05, 4.69) is 6.07 Å². The number of nitriles is 1. The smallest absolute Gasteiger partial charge is 0.308 e. The Morgan fingerprint density at radius 1 is 1.44 bits per heavy atom. The maximum absolute atomic E-state index is 12.1. The second kappa shape index (κ2) is 7.00. The van der Waals surface area contributed by atoms with Crippen molar-refractivity contribution in [2.45, 2.75) is 32.6 Å². The molecule has 1 aliphatic heterocycles. The van der Waals surface area contributed by atoms with Crippen LogP contribution in [0.15, 0.2) is 0 Å². The van der Waals surface area contributed by atoms with E-state index in [4.69, 9.17) is 10.00 Å². The van der Waals surface area contributed by atoms with Gasteiger partial charge >= 0.3 is 5.97 Å². The molecule has 0 radical (unpaired) electrons. The molecule has 0 N–H and O–H groups in total. The summed E-state index contributed by atoms with van der Waals surface area (Å²) >= 11 is 0. The Kier molecular flexibility index (Phi) is 5.63. The van der Waals surface area contributed by atoms with E-state index < -0.39 is 5.92 Å². The molecule has 0 aromatic carbocycles. The van der Waals surface area contributed by atoms with Crippen LogP contribution in [0.25, 0.3) is 0 Å². The molecule has 5 nitrogen and oxygen atoms in total. The third-order valence-electron chi connectivity index (χ3n) is 3.37. The zero-order valence-electron chi connectivity index (χ0n) is 11.0. The van der Waals surface area contributed by atoms with Gasteiger partial charge in [-0.3, -0.25) is 9.59 Å². The average molecular weight is 252 g/mol. The summed E-state index contributed by atoms with van der Waals surface area (Å²) in [6.07, 6.45) is 2.68. The number of carbonyl (C=O) groups excluding carboxylic acids is 2. The number of hydrogen-bond acceptors (Lipinski definition) is 4. The number of amides is 1. The van der Waals surface area contributed by atoms with Crippen molar-refractivity contribution in [2.75, 3.05) is 20.2 Å². The van der Waals surface area contributed by atoms with Gasteiger partial charge < -0.3 is 9.64 Å². The number of nitrogens with zero attached hydrogens (tertiary/aromatic N) is 2. The summed E-state index contributed by atoms with van der Waals surface area (Å²) in [4.78, 5) is 25.1. The molecule has 0 bridgehead atoms. The molecule has 1 heterocycles. The lowest BCUT2D eigenvalue weighted by atomic mass is 9.95. The number of likely N-dealkylation sites (tertiary alicyclic amines) is 1. The van der Waals surface area contributed by atoms with Crippen molar-refractivity contribution in [3.05, 3.63) is 0 Å². The molecular formula is C13H20N2O3. The summed E-state index contributed by atoms with van der Waals surface area (Å²) in [5, 5.41) is 8.96. The molecule has 0 saturated carbocycles. The van der Waals surface area contributed by atoms with Gasteiger partial charge in [0.05, 0.1) is 19.1 Å². The van der Waals surface area contributed by atoms with Crippen LogP contribution in [0, 0.1) is 23.2 Å². The third-order valence-corrected chi connectivity index (χ3v) is 3.37. The Morgan fingerprint density at radius 3 is 2.50 bits per heavy atom. The number of hydrogen-bond donors (Lipinski definition) is 0. The fraction of sp³-hybridized carbons (Fsp3) is 0.769. The van der Waals surface area contributed by atoms with Crippen LogP contribution in [0.5, 0.6) is 0 Å². The molecule has 100 valence electrons. The highest BCUT2D eigenvalue weighted by molar-refractivity contribution is 5.81. The largest absolute Gasteiger partial charge is 0.469 e. The minimum Gasteiger partial charge on any atom is -0.469 e. The summed E-state index contributed by atoms with van der Waals surface area (Å²) in [6.45, 7) is 3.04. The van der Waals surface area contributed by atoms with Crippen LogP contribution in [-0.4, -0.2) is 37.0 Å². The van der Waals surface area contributed by atoms with Crippen LogP contribution in [0.2, 0.25) is 0 Å². The van der Waals surface area contributed by atoms with Gasteiger partial charge in [0.1, 0.15) is 5.92 Å². The number of rotatable bonds is 4. The number of ether oxygens (including phenoxy) is 1. The molecular weight excluding hydrogens is 232 g/mol. The zero-order chi connectivity index (χ0) is 13.5. The highest BCUT2D eigenvalue weighted by Gasteiger charge is 2.30. The molecule has 0 aromatic heterocycles. The van der Waals surface area contributed by atoms with Gasteiger partial charge in [0, 0.05) is 13.1 Å². The summed E-state index contributed by atoms with van der Waals surface area (Å²) in [5.41, 5.74) is 0. The summed E-state index contributed by atoms with van der Waals surface area (Å²) < 4.78 is 4.70. The van der Waals surface area contributed by atoms with Crippen molar-refractivity contribution in [2.24, 2.45) is 11.8 Å². The van der Waals surface area contributed by atoms with Crippen LogP contribution in [-0.2, 0) is 14.3 Å². The maximum Gasteiger partial charge on any atom is 0.308 e. The highest BCUT2D eigenvalue weighted by Crippen LogP contribution is 2.21.